The third-order valence-electron chi connectivity index (χ3n) is 3.58. The molecule has 3 aromatic heterocycles. The summed E-state index contributed by atoms with van der Waals surface area (Å²) in [5.74, 6) is 1.57. The molecule has 3 heterocycles. The van der Waals surface area contributed by atoms with E-state index in [9.17, 15) is 0 Å². The van der Waals surface area contributed by atoms with Gasteiger partial charge in [-0.1, -0.05) is 36.0 Å². The van der Waals surface area contributed by atoms with Gasteiger partial charge in [0.1, 0.15) is 0 Å². The Bertz CT molecular complexity index is 978. The standard InChI is InChI=1S/C17H14N4O2S2/c1-10-6-3-4-7-12(10)15-19-21-17(23-15)25-11(2)14-18-20-16(22-14)13-8-5-9-24-13/h3-9,11H,1-2H3/t11-/m1/s1. The summed E-state index contributed by atoms with van der Waals surface area (Å²) in [6.07, 6.45) is 0. The van der Waals surface area contributed by atoms with Crippen LogP contribution in [0.3, 0.4) is 0 Å². The first-order chi connectivity index (χ1) is 12.2. The van der Waals surface area contributed by atoms with Crippen LogP contribution in [0.4, 0.5) is 0 Å². The number of thioether (sulfide) groups is 1. The molecule has 0 saturated carbocycles. The van der Waals surface area contributed by atoms with Gasteiger partial charge < -0.3 is 8.83 Å². The number of aromatic nitrogens is 4. The van der Waals surface area contributed by atoms with Crippen LogP contribution < -0.4 is 0 Å². The molecule has 0 aliphatic carbocycles. The lowest BCUT2D eigenvalue weighted by Gasteiger charge is -2.02. The Labute approximate surface area is 152 Å². The van der Waals surface area contributed by atoms with Crippen LogP contribution in [0, 0.1) is 6.92 Å². The van der Waals surface area contributed by atoms with Crippen LogP contribution in [0.1, 0.15) is 23.6 Å². The molecule has 0 spiro atoms. The van der Waals surface area contributed by atoms with Crippen molar-refractivity contribution >= 4 is 23.1 Å². The maximum Gasteiger partial charge on any atom is 0.277 e. The highest BCUT2D eigenvalue weighted by molar-refractivity contribution is 7.99. The summed E-state index contributed by atoms with van der Waals surface area (Å²) in [5.41, 5.74) is 2.03. The van der Waals surface area contributed by atoms with Gasteiger partial charge in [-0.25, -0.2) is 0 Å². The molecular formula is C17H14N4O2S2. The Morgan fingerprint density at radius 3 is 2.60 bits per heavy atom. The van der Waals surface area contributed by atoms with E-state index in [1.807, 2.05) is 55.6 Å². The molecule has 0 unspecified atom stereocenters. The Hall–Kier alpha value is -2.45. The third-order valence-corrected chi connectivity index (χ3v) is 5.36. The summed E-state index contributed by atoms with van der Waals surface area (Å²) < 4.78 is 11.5. The lowest BCUT2D eigenvalue weighted by molar-refractivity contribution is 0.461. The van der Waals surface area contributed by atoms with Crippen LogP contribution in [0.25, 0.3) is 22.2 Å². The maximum atomic E-state index is 5.77. The van der Waals surface area contributed by atoms with Crippen LogP contribution in [0.15, 0.2) is 55.8 Å². The molecule has 126 valence electrons. The molecular weight excluding hydrogens is 356 g/mol. The van der Waals surface area contributed by atoms with Gasteiger partial charge in [-0.05, 0) is 36.9 Å². The molecule has 0 aliphatic rings. The highest BCUT2D eigenvalue weighted by Crippen LogP contribution is 2.36. The number of aryl methyl sites for hydroxylation is 1. The molecule has 1 aromatic carbocycles. The van der Waals surface area contributed by atoms with Crippen molar-refractivity contribution in [3.63, 3.8) is 0 Å². The second-order valence-corrected chi connectivity index (χ2v) is 7.61. The largest absolute Gasteiger partial charge is 0.419 e. The van der Waals surface area contributed by atoms with E-state index < -0.39 is 0 Å². The first kappa shape index (κ1) is 16.0. The first-order valence-corrected chi connectivity index (χ1v) is 9.40. The number of benzene rings is 1. The van der Waals surface area contributed by atoms with Crippen LogP contribution in [0.2, 0.25) is 0 Å². The number of hydrogen-bond donors (Lipinski definition) is 0. The van der Waals surface area contributed by atoms with Crippen molar-refractivity contribution in [2.75, 3.05) is 0 Å². The monoisotopic (exact) mass is 370 g/mol. The zero-order valence-electron chi connectivity index (χ0n) is 13.5. The number of rotatable bonds is 5. The highest BCUT2D eigenvalue weighted by atomic mass is 32.2. The Kier molecular flexibility index (Phi) is 4.37. The van der Waals surface area contributed by atoms with Crippen LogP contribution >= 0.6 is 23.1 Å². The molecule has 0 aliphatic heterocycles. The molecule has 0 amide bonds. The van der Waals surface area contributed by atoms with Crippen LogP contribution in [-0.4, -0.2) is 20.4 Å². The van der Waals surface area contributed by atoms with Crippen molar-refractivity contribution in [2.45, 2.75) is 24.3 Å². The molecule has 4 aromatic rings. The fourth-order valence-corrected chi connectivity index (χ4v) is 3.64. The Morgan fingerprint density at radius 2 is 1.80 bits per heavy atom. The van der Waals surface area contributed by atoms with Gasteiger partial charge in [0.15, 0.2) is 0 Å². The predicted molar refractivity (Wildman–Crippen MR) is 96.4 cm³/mol. The molecule has 0 radical (unpaired) electrons. The summed E-state index contributed by atoms with van der Waals surface area (Å²) in [7, 11) is 0. The second kappa shape index (κ2) is 6.81. The Balaban J connectivity index is 1.50. The van der Waals surface area contributed by atoms with Gasteiger partial charge in [0, 0.05) is 5.56 Å². The van der Waals surface area contributed by atoms with Crippen LogP contribution in [-0.2, 0) is 0 Å². The number of thiophene rings is 1. The van der Waals surface area contributed by atoms with E-state index >= 15 is 0 Å². The lowest BCUT2D eigenvalue weighted by Crippen LogP contribution is -1.88. The molecule has 0 N–H and O–H groups in total. The van der Waals surface area contributed by atoms with Gasteiger partial charge in [0.2, 0.25) is 11.8 Å². The summed E-state index contributed by atoms with van der Waals surface area (Å²) >= 11 is 2.96. The molecule has 8 heteroatoms. The van der Waals surface area contributed by atoms with E-state index in [2.05, 4.69) is 20.4 Å². The van der Waals surface area contributed by atoms with E-state index in [0.717, 1.165) is 16.0 Å². The summed E-state index contributed by atoms with van der Waals surface area (Å²) in [6.45, 7) is 3.98. The molecule has 0 bridgehead atoms. The zero-order valence-corrected chi connectivity index (χ0v) is 15.2. The maximum absolute atomic E-state index is 5.77. The van der Waals surface area contributed by atoms with Gasteiger partial charge >= 0.3 is 0 Å². The summed E-state index contributed by atoms with van der Waals surface area (Å²) in [4.78, 5) is 0.954. The smallest absolute Gasteiger partial charge is 0.277 e. The van der Waals surface area contributed by atoms with Gasteiger partial charge in [-0.15, -0.1) is 31.7 Å². The van der Waals surface area contributed by atoms with E-state index in [1.54, 1.807) is 11.3 Å². The summed E-state index contributed by atoms with van der Waals surface area (Å²) in [5, 5.41) is 18.8. The average Bonchev–Trinajstić information content (AvgIpc) is 3.36. The fraction of sp³-hybridized carbons (Fsp3) is 0.176. The van der Waals surface area contributed by atoms with Crippen molar-refractivity contribution in [1.82, 2.24) is 20.4 Å². The SMILES string of the molecule is Cc1ccccc1-c1nnc(S[C@H](C)c2nnc(-c3cccs3)o2)o1. The molecule has 6 nitrogen and oxygen atoms in total. The van der Waals surface area contributed by atoms with Gasteiger partial charge in [0.05, 0.1) is 10.1 Å². The quantitative estimate of drug-likeness (QED) is 0.457. The number of nitrogens with zero attached hydrogens (tertiary/aromatic N) is 4. The predicted octanol–water partition coefficient (Wildman–Crippen LogP) is 5.01. The van der Waals surface area contributed by atoms with Crippen molar-refractivity contribution in [2.24, 2.45) is 0 Å². The normalized spacial score (nSPS) is 12.4. The van der Waals surface area contributed by atoms with E-state index in [0.29, 0.717) is 22.9 Å². The molecule has 4 rings (SSSR count). The minimum absolute atomic E-state index is 0.0913. The second-order valence-electron chi connectivity index (χ2n) is 5.37. The van der Waals surface area contributed by atoms with Crippen molar-refractivity contribution < 1.29 is 8.83 Å². The van der Waals surface area contributed by atoms with Gasteiger partial charge in [-0.2, -0.15) is 0 Å². The first-order valence-electron chi connectivity index (χ1n) is 7.64. The van der Waals surface area contributed by atoms with Crippen LogP contribution in [0.5, 0.6) is 0 Å². The fourth-order valence-electron chi connectivity index (χ4n) is 2.28. The van der Waals surface area contributed by atoms with E-state index in [4.69, 9.17) is 8.83 Å². The van der Waals surface area contributed by atoms with E-state index in [-0.39, 0.29) is 5.25 Å². The van der Waals surface area contributed by atoms with Crippen molar-refractivity contribution in [3.05, 3.63) is 53.2 Å². The summed E-state index contributed by atoms with van der Waals surface area (Å²) in [6, 6.07) is 11.8. The molecule has 25 heavy (non-hydrogen) atoms. The van der Waals surface area contributed by atoms with Crippen molar-refractivity contribution in [3.8, 4) is 22.2 Å². The zero-order chi connectivity index (χ0) is 17.2. The third kappa shape index (κ3) is 3.35. The number of hydrogen-bond acceptors (Lipinski definition) is 8. The van der Waals surface area contributed by atoms with E-state index in [1.165, 1.54) is 11.8 Å². The lowest BCUT2D eigenvalue weighted by atomic mass is 10.1. The average molecular weight is 370 g/mol. The minimum Gasteiger partial charge on any atom is -0.419 e. The topological polar surface area (TPSA) is 77.8 Å². The highest BCUT2D eigenvalue weighted by Gasteiger charge is 2.20. The van der Waals surface area contributed by atoms with Crippen molar-refractivity contribution in [1.29, 1.82) is 0 Å². The van der Waals surface area contributed by atoms with Gasteiger partial charge in [-0.3, -0.25) is 0 Å². The molecule has 1 atom stereocenters. The molecule has 0 saturated heterocycles. The molecule has 0 fully saturated rings. The Morgan fingerprint density at radius 1 is 0.960 bits per heavy atom. The van der Waals surface area contributed by atoms with Gasteiger partial charge in [0.25, 0.3) is 11.1 Å². The minimum atomic E-state index is -0.0913.